The Kier molecular flexibility index (Phi) is 7.55. The van der Waals surface area contributed by atoms with Crippen molar-refractivity contribution in [1.29, 1.82) is 0 Å². The Morgan fingerprint density at radius 2 is 0.660 bits per heavy atom. The molecule has 53 heavy (non-hydrogen) atoms. The van der Waals surface area contributed by atoms with E-state index in [1.807, 2.05) is 0 Å². The third kappa shape index (κ3) is 5.51. The van der Waals surface area contributed by atoms with Gasteiger partial charge in [-0.3, -0.25) is 0 Å². The second-order valence-corrected chi connectivity index (χ2v) is 13.7. The zero-order valence-corrected chi connectivity index (χ0v) is 29.2. The van der Waals surface area contributed by atoms with Crippen LogP contribution in [0.15, 0.2) is 212 Å². The van der Waals surface area contributed by atoms with Gasteiger partial charge in [0.05, 0.1) is 0 Å². The molecule has 0 aromatic heterocycles. The highest BCUT2D eigenvalue weighted by Gasteiger charge is 2.16. The van der Waals surface area contributed by atoms with E-state index in [2.05, 4.69) is 217 Å². The molecule has 0 N–H and O–H groups in total. The van der Waals surface area contributed by atoms with Crippen LogP contribution in [0.5, 0.6) is 0 Å². The third-order valence-electron chi connectivity index (χ3n) is 10.7. The second kappa shape index (κ2) is 13.0. The molecule has 1 nitrogen and oxygen atoms in total. The van der Waals surface area contributed by atoms with E-state index in [9.17, 15) is 0 Å². The SMILES string of the molecule is c1cc(-c2cccc3c2ccc2ccccc23)cc(N(c2ccc(-c3cccc4ccccc34)cc2)c2ccc(-c3cccc4ccccc34)cc2)c1. The molecule has 0 unspecified atom stereocenters. The normalized spacial score (nSPS) is 11.4. The van der Waals surface area contributed by atoms with Crippen molar-refractivity contribution in [2.45, 2.75) is 0 Å². The van der Waals surface area contributed by atoms with Gasteiger partial charge in [0.2, 0.25) is 0 Å². The molecule has 0 aliphatic heterocycles. The zero-order chi connectivity index (χ0) is 35.1. The van der Waals surface area contributed by atoms with Crippen molar-refractivity contribution < 1.29 is 0 Å². The molecule has 0 amide bonds. The summed E-state index contributed by atoms with van der Waals surface area (Å²) in [7, 11) is 0. The zero-order valence-electron chi connectivity index (χ0n) is 29.2. The quantitative estimate of drug-likeness (QED) is 0.159. The Hall–Kier alpha value is -6.96. The van der Waals surface area contributed by atoms with E-state index in [0.717, 1.165) is 17.1 Å². The topological polar surface area (TPSA) is 3.24 Å². The van der Waals surface area contributed by atoms with E-state index in [0.29, 0.717) is 0 Å². The fourth-order valence-corrected chi connectivity index (χ4v) is 8.09. The number of hydrogen-bond donors (Lipinski definition) is 0. The summed E-state index contributed by atoms with van der Waals surface area (Å²) in [4.78, 5) is 2.38. The maximum atomic E-state index is 2.38. The van der Waals surface area contributed by atoms with Crippen molar-refractivity contribution in [1.82, 2.24) is 0 Å². The summed E-state index contributed by atoms with van der Waals surface area (Å²) in [6.45, 7) is 0. The van der Waals surface area contributed by atoms with Crippen molar-refractivity contribution in [2.75, 3.05) is 4.90 Å². The molecule has 0 aliphatic carbocycles. The molecule has 0 heterocycles. The first-order valence-electron chi connectivity index (χ1n) is 18.3. The summed E-state index contributed by atoms with van der Waals surface area (Å²) >= 11 is 0. The molecule has 0 radical (unpaired) electrons. The molecule has 10 rings (SSSR count). The van der Waals surface area contributed by atoms with Crippen molar-refractivity contribution in [2.24, 2.45) is 0 Å². The van der Waals surface area contributed by atoms with E-state index in [1.165, 1.54) is 76.5 Å². The van der Waals surface area contributed by atoms with Crippen LogP contribution in [0.25, 0.3) is 76.5 Å². The third-order valence-corrected chi connectivity index (χ3v) is 10.7. The molecule has 0 saturated carbocycles. The molecule has 0 bridgehead atoms. The van der Waals surface area contributed by atoms with Gasteiger partial charge in [-0.15, -0.1) is 0 Å². The Labute approximate surface area is 309 Å². The minimum atomic E-state index is 1.10. The van der Waals surface area contributed by atoms with Gasteiger partial charge in [-0.05, 0) is 113 Å². The Morgan fingerprint density at radius 3 is 1.25 bits per heavy atom. The van der Waals surface area contributed by atoms with E-state index in [-0.39, 0.29) is 0 Å². The summed E-state index contributed by atoms with van der Waals surface area (Å²) < 4.78 is 0. The highest BCUT2D eigenvalue weighted by molar-refractivity contribution is 6.12. The fraction of sp³-hybridized carbons (Fsp3) is 0. The molecule has 0 aliphatic rings. The Balaban J connectivity index is 1.10. The van der Waals surface area contributed by atoms with Crippen LogP contribution in [0.2, 0.25) is 0 Å². The molecule has 248 valence electrons. The van der Waals surface area contributed by atoms with Gasteiger partial charge < -0.3 is 4.90 Å². The second-order valence-electron chi connectivity index (χ2n) is 13.7. The van der Waals surface area contributed by atoms with Gasteiger partial charge in [-0.1, -0.05) is 176 Å². The highest BCUT2D eigenvalue weighted by atomic mass is 15.1. The Bertz CT molecular complexity index is 2800. The summed E-state index contributed by atoms with van der Waals surface area (Å²) in [5.74, 6) is 0. The molecular formula is C52H35N. The average molecular weight is 674 g/mol. The van der Waals surface area contributed by atoms with Crippen molar-refractivity contribution in [3.05, 3.63) is 212 Å². The highest BCUT2D eigenvalue weighted by Crippen LogP contribution is 2.41. The van der Waals surface area contributed by atoms with Crippen LogP contribution in [-0.2, 0) is 0 Å². The van der Waals surface area contributed by atoms with Crippen LogP contribution in [0.3, 0.4) is 0 Å². The molecule has 10 aromatic rings. The maximum absolute atomic E-state index is 2.38. The van der Waals surface area contributed by atoms with Gasteiger partial charge in [0.1, 0.15) is 0 Å². The number of nitrogens with zero attached hydrogens (tertiary/aromatic N) is 1. The average Bonchev–Trinajstić information content (AvgIpc) is 3.24. The van der Waals surface area contributed by atoms with E-state index in [1.54, 1.807) is 0 Å². The predicted octanol–water partition coefficient (Wildman–Crippen LogP) is 14.8. The number of benzene rings is 10. The van der Waals surface area contributed by atoms with Gasteiger partial charge in [0.25, 0.3) is 0 Å². The van der Waals surface area contributed by atoms with Gasteiger partial charge in [0.15, 0.2) is 0 Å². The van der Waals surface area contributed by atoms with Crippen LogP contribution in [-0.4, -0.2) is 0 Å². The minimum Gasteiger partial charge on any atom is -0.310 e. The summed E-state index contributed by atoms with van der Waals surface area (Å²) in [6.07, 6.45) is 0. The van der Waals surface area contributed by atoms with Crippen LogP contribution in [0, 0.1) is 0 Å². The molecule has 0 atom stereocenters. The van der Waals surface area contributed by atoms with Crippen LogP contribution >= 0.6 is 0 Å². The molecule has 0 spiro atoms. The number of fused-ring (bicyclic) bond motifs is 5. The monoisotopic (exact) mass is 673 g/mol. The summed E-state index contributed by atoms with van der Waals surface area (Å²) in [5, 5.41) is 10.1. The van der Waals surface area contributed by atoms with Crippen molar-refractivity contribution in [3.63, 3.8) is 0 Å². The van der Waals surface area contributed by atoms with Gasteiger partial charge in [0, 0.05) is 17.1 Å². The molecule has 0 fully saturated rings. The molecular weight excluding hydrogens is 639 g/mol. The number of hydrogen-bond acceptors (Lipinski definition) is 1. The molecule has 0 saturated heterocycles. The lowest BCUT2D eigenvalue weighted by Gasteiger charge is -2.27. The lowest BCUT2D eigenvalue weighted by molar-refractivity contribution is 1.28. The lowest BCUT2D eigenvalue weighted by Crippen LogP contribution is -2.10. The minimum absolute atomic E-state index is 1.10. The van der Waals surface area contributed by atoms with Crippen molar-refractivity contribution >= 4 is 60.2 Å². The first kappa shape index (κ1) is 30.8. The summed E-state index contributed by atoms with van der Waals surface area (Å²) in [6, 6.07) is 77.2. The molecule has 10 aromatic carbocycles. The van der Waals surface area contributed by atoms with Crippen molar-refractivity contribution in [3.8, 4) is 33.4 Å². The maximum Gasteiger partial charge on any atom is 0.0467 e. The fourth-order valence-electron chi connectivity index (χ4n) is 8.09. The first-order valence-corrected chi connectivity index (χ1v) is 18.3. The van der Waals surface area contributed by atoms with Crippen LogP contribution in [0.4, 0.5) is 17.1 Å². The smallest absolute Gasteiger partial charge is 0.0467 e. The summed E-state index contributed by atoms with van der Waals surface area (Å²) in [5.41, 5.74) is 10.6. The van der Waals surface area contributed by atoms with Crippen LogP contribution in [0.1, 0.15) is 0 Å². The number of rotatable bonds is 6. The number of anilines is 3. The van der Waals surface area contributed by atoms with E-state index < -0.39 is 0 Å². The van der Waals surface area contributed by atoms with E-state index >= 15 is 0 Å². The van der Waals surface area contributed by atoms with Gasteiger partial charge >= 0.3 is 0 Å². The van der Waals surface area contributed by atoms with E-state index in [4.69, 9.17) is 0 Å². The predicted molar refractivity (Wildman–Crippen MR) is 227 cm³/mol. The Morgan fingerprint density at radius 1 is 0.226 bits per heavy atom. The largest absolute Gasteiger partial charge is 0.310 e. The van der Waals surface area contributed by atoms with Gasteiger partial charge in [-0.25, -0.2) is 0 Å². The van der Waals surface area contributed by atoms with Crippen LogP contribution < -0.4 is 4.90 Å². The first-order chi connectivity index (χ1) is 26.3. The molecule has 1 heteroatoms. The lowest BCUT2D eigenvalue weighted by atomic mass is 9.94. The van der Waals surface area contributed by atoms with Gasteiger partial charge in [-0.2, -0.15) is 0 Å². The standard InChI is InChI=1S/C52H35N/c1-4-18-45-36(11-1)14-8-21-47(45)39-25-30-42(31-26-39)53(43-32-27-40(28-33-43)48-22-9-15-37-12-2-5-19-46(37)48)44-17-7-16-41(35-44)50-23-10-24-51-49-20-6-3-13-38(49)29-34-52(50)51/h1-35H.